The van der Waals surface area contributed by atoms with E-state index in [4.69, 9.17) is 9.26 Å². The molecule has 132 valence electrons. The molecule has 2 heterocycles. The van der Waals surface area contributed by atoms with Gasteiger partial charge in [0.25, 0.3) is 5.91 Å². The van der Waals surface area contributed by atoms with Crippen molar-refractivity contribution >= 4 is 17.5 Å². The Bertz CT molecular complexity index is 788. The van der Waals surface area contributed by atoms with E-state index in [1.165, 1.54) is 0 Å². The number of nitrogens with zero attached hydrogens (tertiary/aromatic N) is 3. The molecule has 0 spiro atoms. The minimum Gasteiger partial charge on any atom is -0.479 e. The van der Waals surface area contributed by atoms with Crippen molar-refractivity contribution in [2.45, 2.75) is 39.3 Å². The number of hydrogen-bond donors (Lipinski definition) is 1. The van der Waals surface area contributed by atoms with Crippen molar-refractivity contribution in [3.63, 3.8) is 0 Å². The van der Waals surface area contributed by atoms with Crippen LogP contribution in [0.25, 0.3) is 0 Å². The van der Waals surface area contributed by atoms with Gasteiger partial charge in [-0.25, -0.2) is 0 Å². The first kappa shape index (κ1) is 16.9. The molecule has 0 radical (unpaired) electrons. The van der Waals surface area contributed by atoms with E-state index in [9.17, 15) is 9.59 Å². The number of carbonyl (C=O) groups excluding carboxylic acids is 2. The first-order chi connectivity index (χ1) is 12.0. The van der Waals surface area contributed by atoms with Crippen molar-refractivity contribution in [2.75, 3.05) is 11.4 Å². The number of carbonyl (C=O) groups is 2. The van der Waals surface area contributed by atoms with Crippen LogP contribution >= 0.6 is 0 Å². The third-order valence-electron chi connectivity index (χ3n) is 3.93. The van der Waals surface area contributed by atoms with E-state index in [0.717, 1.165) is 0 Å². The minimum atomic E-state index is -0.571. The molecule has 1 aliphatic heterocycles. The Hall–Kier alpha value is -2.90. The monoisotopic (exact) mass is 344 g/mol. The maximum absolute atomic E-state index is 12.4. The van der Waals surface area contributed by atoms with Gasteiger partial charge in [-0.15, -0.1) is 0 Å². The lowest BCUT2D eigenvalue weighted by Crippen LogP contribution is -2.45. The zero-order valence-electron chi connectivity index (χ0n) is 14.4. The molecule has 8 heteroatoms. The molecule has 25 heavy (non-hydrogen) atoms. The largest absolute Gasteiger partial charge is 0.479 e. The average Bonchev–Trinajstić information content (AvgIpc) is 3.02. The molecule has 1 aromatic carbocycles. The number of nitrogens with one attached hydrogen (secondary N) is 1. The van der Waals surface area contributed by atoms with Crippen LogP contribution in [0.2, 0.25) is 0 Å². The normalized spacial score (nSPS) is 17.6. The Morgan fingerprint density at radius 1 is 1.40 bits per heavy atom. The van der Waals surface area contributed by atoms with Crippen LogP contribution in [0.3, 0.4) is 0 Å². The predicted molar refractivity (Wildman–Crippen MR) is 89.1 cm³/mol. The summed E-state index contributed by atoms with van der Waals surface area (Å²) in [5, 5.41) is 6.50. The molecule has 1 aromatic heterocycles. The van der Waals surface area contributed by atoms with Gasteiger partial charge < -0.3 is 19.5 Å². The smallest absolute Gasteiger partial charge is 0.267 e. The molecule has 0 unspecified atom stereocenters. The molecular weight excluding hydrogens is 324 g/mol. The van der Waals surface area contributed by atoms with Crippen molar-refractivity contribution < 1.29 is 18.8 Å². The summed E-state index contributed by atoms with van der Waals surface area (Å²) in [4.78, 5) is 30.3. The molecule has 2 aromatic rings. The lowest BCUT2D eigenvalue weighted by Gasteiger charge is -2.32. The van der Waals surface area contributed by atoms with Gasteiger partial charge in [-0.2, -0.15) is 4.98 Å². The molecule has 0 bridgehead atoms. The van der Waals surface area contributed by atoms with Crippen molar-refractivity contribution in [1.82, 2.24) is 15.5 Å². The van der Waals surface area contributed by atoms with Gasteiger partial charge in [0.15, 0.2) is 11.9 Å². The molecule has 2 atom stereocenters. The average molecular weight is 344 g/mol. The summed E-state index contributed by atoms with van der Waals surface area (Å²) in [5.41, 5.74) is 0.680. The van der Waals surface area contributed by atoms with Gasteiger partial charge in [-0.05, 0) is 32.9 Å². The second kappa shape index (κ2) is 6.92. The van der Waals surface area contributed by atoms with Crippen LogP contribution in [0.4, 0.5) is 5.69 Å². The van der Waals surface area contributed by atoms with Gasteiger partial charge in [-0.3, -0.25) is 9.59 Å². The van der Waals surface area contributed by atoms with Gasteiger partial charge in [0.05, 0.1) is 5.69 Å². The van der Waals surface area contributed by atoms with Crippen molar-refractivity contribution in [3.8, 4) is 5.75 Å². The van der Waals surface area contributed by atoms with E-state index in [0.29, 0.717) is 23.2 Å². The second-order valence-electron chi connectivity index (χ2n) is 5.94. The van der Waals surface area contributed by atoms with Crippen LogP contribution in [0.5, 0.6) is 5.75 Å². The summed E-state index contributed by atoms with van der Waals surface area (Å²) in [6.07, 6.45) is -0.414. The molecule has 8 nitrogen and oxygen atoms in total. The molecule has 1 aliphatic rings. The van der Waals surface area contributed by atoms with Gasteiger partial charge in [0.2, 0.25) is 11.8 Å². The van der Waals surface area contributed by atoms with Crippen LogP contribution in [0.15, 0.2) is 28.8 Å². The zero-order valence-corrected chi connectivity index (χ0v) is 14.4. The van der Waals surface area contributed by atoms with Crippen molar-refractivity contribution in [3.05, 3.63) is 36.0 Å². The van der Waals surface area contributed by atoms with Crippen LogP contribution in [-0.4, -0.2) is 34.6 Å². The summed E-state index contributed by atoms with van der Waals surface area (Å²) < 4.78 is 10.6. The van der Waals surface area contributed by atoms with Crippen LogP contribution < -0.4 is 15.0 Å². The molecule has 3 rings (SSSR count). The molecule has 0 saturated carbocycles. The molecule has 0 aliphatic carbocycles. The van der Waals surface area contributed by atoms with Crippen molar-refractivity contribution in [1.29, 1.82) is 0 Å². The number of ether oxygens (including phenoxy) is 1. The number of aromatic nitrogens is 2. The van der Waals surface area contributed by atoms with E-state index in [1.54, 1.807) is 31.7 Å². The summed E-state index contributed by atoms with van der Waals surface area (Å²) in [6.45, 7) is 5.45. The van der Waals surface area contributed by atoms with E-state index in [2.05, 4.69) is 15.5 Å². The lowest BCUT2D eigenvalue weighted by atomic mass is 10.1. The summed E-state index contributed by atoms with van der Waals surface area (Å²) in [6, 6.07) is 6.91. The Kier molecular flexibility index (Phi) is 4.69. The Labute approximate surface area is 145 Å². The lowest BCUT2D eigenvalue weighted by molar-refractivity contribution is -0.125. The molecule has 2 amide bonds. The number of anilines is 1. The number of amides is 2. The molecular formula is C17H20N4O4. The highest BCUT2D eigenvalue weighted by atomic mass is 16.5. The molecule has 0 saturated heterocycles. The van der Waals surface area contributed by atoms with Gasteiger partial charge in [-0.1, -0.05) is 17.3 Å². The summed E-state index contributed by atoms with van der Waals surface area (Å²) in [7, 11) is 0. The van der Waals surface area contributed by atoms with Crippen LogP contribution in [-0.2, 0) is 9.59 Å². The van der Waals surface area contributed by atoms with Crippen molar-refractivity contribution in [2.24, 2.45) is 0 Å². The quantitative estimate of drug-likeness (QED) is 0.887. The minimum absolute atomic E-state index is 0.157. The summed E-state index contributed by atoms with van der Waals surface area (Å²) >= 11 is 0. The standard InChI is InChI=1S/C17H20N4O4/c1-10(16-19-12(3)20-25-16)18-15(22)8-9-21-13-6-4-5-7-14(13)24-11(2)17(21)23/h4-7,10-11H,8-9H2,1-3H3,(H,18,22)/t10-,11-/m1/s1. The molecule has 0 fully saturated rings. The Morgan fingerprint density at radius 3 is 2.88 bits per heavy atom. The van der Waals surface area contributed by atoms with E-state index < -0.39 is 6.10 Å². The Morgan fingerprint density at radius 2 is 2.16 bits per heavy atom. The number of hydrogen-bond acceptors (Lipinski definition) is 6. The van der Waals surface area contributed by atoms with E-state index in [-0.39, 0.29) is 30.8 Å². The number of benzene rings is 1. The second-order valence-corrected chi connectivity index (χ2v) is 5.94. The van der Waals surface area contributed by atoms with Crippen LogP contribution in [0.1, 0.15) is 38.0 Å². The van der Waals surface area contributed by atoms with Gasteiger partial charge in [0.1, 0.15) is 11.8 Å². The molecule has 1 N–H and O–H groups in total. The third kappa shape index (κ3) is 3.62. The number of aryl methyl sites for hydroxylation is 1. The van der Waals surface area contributed by atoms with Crippen LogP contribution in [0, 0.1) is 6.92 Å². The number of rotatable bonds is 5. The highest BCUT2D eigenvalue weighted by molar-refractivity contribution is 6.00. The first-order valence-corrected chi connectivity index (χ1v) is 8.12. The topological polar surface area (TPSA) is 97.6 Å². The third-order valence-corrected chi connectivity index (χ3v) is 3.93. The van der Waals surface area contributed by atoms with Gasteiger partial charge >= 0.3 is 0 Å². The maximum atomic E-state index is 12.4. The summed E-state index contributed by atoms with van der Waals surface area (Å²) in [5.74, 6) is 1.15. The van der Waals surface area contributed by atoms with E-state index >= 15 is 0 Å². The fraction of sp³-hybridized carbons (Fsp3) is 0.412. The van der Waals surface area contributed by atoms with E-state index in [1.807, 2.05) is 18.2 Å². The fourth-order valence-electron chi connectivity index (χ4n) is 2.67. The number of para-hydroxylation sites is 2. The predicted octanol–water partition coefficient (Wildman–Crippen LogP) is 1.76. The maximum Gasteiger partial charge on any atom is 0.267 e. The highest BCUT2D eigenvalue weighted by Gasteiger charge is 2.31. The Balaban J connectivity index is 1.62. The highest BCUT2D eigenvalue weighted by Crippen LogP contribution is 2.33. The fourth-order valence-corrected chi connectivity index (χ4v) is 2.67. The zero-order chi connectivity index (χ0) is 18.0. The van der Waals surface area contributed by atoms with Gasteiger partial charge in [0, 0.05) is 13.0 Å². The first-order valence-electron chi connectivity index (χ1n) is 8.12. The number of fused-ring (bicyclic) bond motifs is 1. The SMILES string of the molecule is Cc1noc([C@@H](C)NC(=O)CCN2C(=O)[C@@H](C)Oc3ccccc32)n1.